The normalized spacial score (nSPS) is 15.4. The molecule has 0 radical (unpaired) electrons. The molecule has 0 unspecified atom stereocenters. The summed E-state index contributed by atoms with van der Waals surface area (Å²) in [5.41, 5.74) is 1.19. The predicted molar refractivity (Wildman–Crippen MR) is 124 cm³/mol. The zero-order valence-corrected chi connectivity index (χ0v) is 19.3. The maximum Gasteiger partial charge on any atom is 0.230 e. The van der Waals surface area contributed by atoms with Gasteiger partial charge < -0.3 is 19.0 Å². The number of aromatic nitrogens is 3. The summed E-state index contributed by atoms with van der Waals surface area (Å²) in [7, 11) is 3.54. The summed E-state index contributed by atoms with van der Waals surface area (Å²) in [6, 6.07) is 11.9. The van der Waals surface area contributed by atoms with Crippen molar-refractivity contribution >= 4 is 17.7 Å². The summed E-state index contributed by atoms with van der Waals surface area (Å²) in [6.07, 6.45) is 5.26. The number of hydrogen-bond acceptors (Lipinski definition) is 7. The van der Waals surface area contributed by atoms with Gasteiger partial charge in [-0.15, -0.1) is 10.2 Å². The van der Waals surface area contributed by atoms with Crippen LogP contribution in [0.4, 0.5) is 0 Å². The molecule has 170 valence electrons. The van der Waals surface area contributed by atoms with E-state index in [1.807, 2.05) is 35.9 Å². The Morgan fingerprint density at radius 3 is 2.66 bits per heavy atom. The molecule has 32 heavy (non-hydrogen) atoms. The van der Waals surface area contributed by atoms with Crippen molar-refractivity contribution in [2.24, 2.45) is 7.05 Å². The summed E-state index contributed by atoms with van der Waals surface area (Å²) in [5, 5.41) is 12.2. The van der Waals surface area contributed by atoms with E-state index in [1.165, 1.54) is 36.6 Å². The highest BCUT2D eigenvalue weighted by atomic mass is 32.2. The minimum absolute atomic E-state index is 0.0203. The van der Waals surface area contributed by atoms with E-state index < -0.39 is 0 Å². The Hall–Kier alpha value is -2.78. The molecule has 1 aliphatic heterocycles. The number of amides is 1. The lowest BCUT2D eigenvalue weighted by Gasteiger charge is -2.35. The van der Waals surface area contributed by atoms with Crippen LogP contribution in [-0.2, 0) is 11.8 Å². The van der Waals surface area contributed by atoms with E-state index in [0.717, 1.165) is 18.8 Å². The number of benzene rings is 1. The van der Waals surface area contributed by atoms with Crippen molar-refractivity contribution in [2.45, 2.75) is 30.5 Å². The second kappa shape index (κ2) is 10.7. The van der Waals surface area contributed by atoms with Crippen LogP contribution < -0.4 is 10.1 Å². The molecule has 0 bridgehead atoms. The third kappa shape index (κ3) is 5.34. The van der Waals surface area contributed by atoms with E-state index in [0.29, 0.717) is 23.3 Å². The van der Waals surface area contributed by atoms with Gasteiger partial charge >= 0.3 is 0 Å². The second-order valence-electron chi connectivity index (χ2n) is 7.82. The van der Waals surface area contributed by atoms with Gasteiger partial charge in [0.25, 0.3) is 0 Å². The Bertz CT molecular complexity index is 997. The summed E-state index contributed by atoms with van der Waals surface area (Å²) < 4.78 is 12.5. The Labute approximate surface area is 192 Å². The zero-order valence-electron chi connectivity index (χ0n) is 18.5. The predicted octanol–water partition coefficient (Wildman–Crippen LogP) is 3.52. The van der Waals surface area contributed by atoms with Gasteiger partial charge in [-0.3, -0.25) is 9.69 Å². The highest BCUT2D eigenvalue weighted by Gasteiger charge is 2.23. The first kappa shape index (κ1) is 22.4. The van der Waals surface area contributed by atoms with E-state index in [-0.39, 0.29) is 17.7 Å². The number of furan rings is 1. The molecule has 1 atom stereocenters. The van der Waals surface area contributed by atoms with Crippen LogP contribution in [0.3, 0.4) is 0 Å². The zero-order chi connectivity index (χ0) is 22.3. The van der Waals surface area contributed by atoms with Crippen molar-refractivity contribution in [3.8, 4) is 17.3 Å². The second-order valence-corrected chi connectivity index (χ2v) is 8.76. The van der Waals surface area contributed by atoms with Crippen molar-refractivity contribution in [3.63, 3.8) is 0 Å². The molecule has 1 N–H and O–H groups in total. The van der Waals surface area contributed by atoms with E-state index in [1.54, 1.807) is 13.4 Å². The van der Waals surface area contributed by atoms with Gasteiger partial charge in [-0.05, 0) is 55.8 Å². The van der Waals surface area contributed by atoms with Gasteiger partial charge in [-0.1, -0.05) is 30.3 Å². The topological polar surface area (TPSA) is 85.4 Å². The van der Waals surface area contributed by atoms with Crippen molar-refractivity contribution in [3.05, 3.63) is 48.2 Å². The first-order valence-electron chi connectivity index (χ1n) is 10.9. The highest BCUT2D eigenvalue weighted by molar-refractivity contribution is 7.99. The molecule has 0 saturated carbocycles. The number of carbonyl (C=O) groups excluding carboxylic acids is 1. The fourth-order valence-electron chi connectivity index (χ4n) is 3.97. The average Bonchev–Trinajstić information content (AvgIpc) is 3.49. The van der Waals surface area contributed by atoms with Crippen LogP contribution in [0.5, 0.6) is 5.75 Å². The van der Waals surface area contributed by atoms with Gasteiger partial charge in [0.1, 0.15) is 5.75 Å². The molecular weight excluding hydrogens is 426 g/mol. The Morgan fingerprint density at radius 2 is 1.97 bits per heavy atom. The Balaban J connectivity index is 1.35. The minimum atomic E-state index is -0.0203. The van der Waals surface area contributed by atoms with Crippen LogP contribution in [0.25, 0.3) is 11.6 Å². The summed E-state index contributed by atoms with van der Waals surface area (Å²) in [5.74, 6) is 2.39. The molecule has 8 nitrogen and oxygen atoms in total. The van der Waals surface area contributed by atoms with Crippen LogP contribution in [0, 0.1) is 0 Å². The summed E-state index contributed by atoms with van der Waals surface area (Å²) in [4.78, 5) is 15.1. The van der Waals surface area contributed by atoms with Gasteiger partial charge in [0.15, 0.2) is 16.7 Å². The fraction of sp³-hybridized carbons (Fsp3) is 0.435. The number of hydrogen-bond donors (Lipinski definition) is 1. The van der Waals surface area contributed by atoms with Crippen LogP contribution in [0.1, 0.15) is 30.9 Å². The Kier molecular flexibility index (Phi) is 7.49. The van der Waals surface area contributed by atoms with Crippen molar-refractivity contribution in [1.29, 1.82) is 0 Å². The van der Waals surface area contributed by atoms with Gasteiger partial charge in [0.2, 0.25) is 5.91 Å². The fourth-order valence-corrected chi connectivity index (χ4v) is 4.71. The first-order valence-corrected chi connectivity index (χ1v) is 11.8. The van der Waals surface area contributed by atoms with Crippen LogP contribution in [0.15, 0.2) is 52.2 Å². The van der Waals surface area contributed by atoms with Gasteiger partial charge in [-0.25, -0.2) is 0 Å². The molecule has 1 aliphatic rings. The maximum atomic E-state index is 12.6. The molecule has 3 aromatic rings. The molecule has 3 heterocycles. The number of piperidine rings is 1. The van der Waals surface area contributed by atoms with E-state index in [9.17, 15) is 4.79 Å². The van der Waals surface area contributed by atoms with Gasteiger partial charge in [0, 0.05) is 13.6 Å². The minimum Gasteiger partial charge on any atom is -0.497 e. The van der Waals surface area contributed by atoms with E-state index >= 15 is 0 Å². The molecule has 0 aliphatic carbocycles. The SMILES string of the molecule is COc1ccc([C@@H](CNC(=O)CSc2nnc(-c3ccco3)n2C)N2CCCCC2)cc1. The lowest BCUT2D eigenvalue weighted by atomic mass is 10.0. The Morgan fingerprint density at radius 1 is 1.19 bits per heavy atom. The molecule has 1 aromatic carbocycles. The van der Waals surface area contributed by atoms with Crippen LogP contribution in [0.2, 0.25) is 0 Å². The number of ether oxygens (including phenoxy) is 1. The molecular formula is C23H29N5O3S. The monoisotopic (exact) mass is 455 g/mol. The molecule has 0 spiro atoms. The van der Waals surface area contributed by atoms with Gasteiger partial charge in [-0.2, -0.15) is 0 Å². The largest absolute Gasteiger partial charge is 0.497 e. The highest BCUT2D eigenvalue weighted by Crippen LogP contribution is 2.26. The number of likely N-dealkylation sites (tertiary alicyclic amines) is 1. The third-order valence-electron chi connectivity index (χ3n) is 5.73. The molecule has 2 aromatic heterocycles. The molecule has 9 heteroatoms. The first-order chi connectivity index (χ1) is 15.7. The molecule has 1 fully saturated rings. The van der Waals surface area contributed by atoms with Crippen molar-refractivity contribution in [2.75, 3.05) is 32.5 Å². The maximum absolute atomic E-state index is 12.6. The smallest absolute Gasteiger partial charge is 0.230 e. The summed E-state index contributed by atoms with van der Waals surface area (Å²) in [6.45, 7) is 2.67. The lowest BCUT2D eigenvalue weighted by molar-refractivity contribution is -0.118. The third-order valence-corrected chi connectivity index (χ3v) is 6.75. The average molecular weight is 456 g/mol. The number of thioether (sulfide) groups is 1. The van der Waals surface area contributed by atoms with Crippen molar-refractivity contribution in [1.82, 2.24) is 25.0 Å². The summed E-state index contributed by atoms with van der Waals surface area (Å²) >= 11 is 1.37. The van der Waals surface area contributed by atoms with Crippen LogP contribution in [-0.4, -0.2) is 58.1 Å². The lowest BCUT2D eigenvalue weighted by Crippen LogP contribution is -2.41. The number of nitrogens with zero attached hydrogens (tertiary/aromatic N) is 4. The van der Waals surface area contributed by atoms with Crippen molar-refractivity contribution < 1.29 is 13.9 Å². The number of nitrogens with one attached hydrogen (secondary N) is 1. The molecule has 1 amide bonds. The number of methoxy groups -OCH3 is 1. The van der Waals surface area contributed by atoms with E-state index in [2.05, 4.69) is 32.5 Å². The number of carbonyl (C=O) groups is 1. The molecule has 1 saturated heterocycles. The van der Waals surface area contributed by atoms with Gasteiger partial charge in [0.05, 0.1) is 25.2 Å². The quantitative estimate of drug-likeness (QED) is 0.494. The number of rotatable bonds is 9. The standard InChI is InChI=1S/C23H29N5O3S/c1-27-22(20-7-6-14-31-20)25-26-23(27)32-16-21(29)24-15-19(28-12-4-3-5-13-28)17-8-10-18(30-2)11-9-17/h6-11,14,19H,3-5,12-13,15-16H2,1-2H3,(H,24,29)/t19-/m1/s1. The molecule has 4 rings (SSSR count). The van der Waals surface area contributed by atoms with Crippen LogP contribution >= 0.6 is 11.8 Å². The van der Waals surface area contributed by atoms with E-state index in [4.69, 9.17) is 9.15 Å².